The fraction of sp³-hybridized carbons (Fsp3) is 0.348. The number of hydrogen-bond acceptors (Lipinski definition) is 4. The number of imide groups is 1. The van der Waals surface area contributed by atoms with E-state index in [1.807, 2.05) is 24.3 Å². The topological polar surface area (TPSA) is 69.7 Å². The molecule has 2 heterocycles. The normalized spacial score (nSPS) is 18.0. The summed E-state index contributed by atoms with van der Waals surface area (Å²) < 4.78 is 0. The minimum Gasteiger partial charge on any atom is -0.372 e. The van der Waals surface area contributed by atoms with Crippen molar-refractivity contribution in [2.75, 3.05) is 23.3 Å². The Kier molecular flexibility index (Phi) is 5.09. The third-order valence-electron chi connectivity index (χ3n) is 5.88. The van der Waals surface area contributed by atoms with E-state index in [4.69, 9.17) is 0 Å². The number of carbonyl (C=O) groups excluding carboxylic acids is 3. The first-order chi connectivity index (χ1) is 14.0. The highest BCUT2D eigenvalue weighted by Crippen LogP contribution is 2.26. The molecule has 2 aromatic carbocycles. The van der Waals surface area contributed by atoms with Crippen molar-refractivity contribution < 1.29 is 14.4 Å². The molecule has 0 bridgehead atoms. The van der Waals surface area contributed by atoms with Crippen LogP contribution >= 0.6 is 0 Å². The summed E-state index contributed by atoms with van der Waals surface area (Å²) in [5.74, 6) is -0.474. The van der Waals surface area contributed by atoms with Gasteiger partial charge < -0.3 is 10.2 Å². The molecule has 0 aromatic heterocycles. The zero-order valence-corrected chi connectivity index (χ0v) is 16.7. The van der Waals surface area contributed by atoms with Gasteiger partial charge in [-0.1, -0.05) is 19.1 Å². The van der Waals surface area contributed by atoms with Crippen molar-refractivity contribution in [3.63, 3.8) is 0 Å². The van der Waals surface area contributed by atoms with E-state index in [1.165, 1.54) is 12.8 Å². The number of nitrogens with zero attached hydrogens (tertiary/aromatic N) is 2. The fourth-order valence-electron chi connectivity index (χ4n) is 3.95. The first-order valence-corrected chi connectivity index (χ1v) is 10.1. The van der Waals surface area contributed by atoms with E-state index in [1.54, 1.807) is 31.2 Å². The van der Waals surface area contributed by atoms with Crippen LogP contribution in [0, 0.1) is 5.92 Å². The Bertz CT molecular complexity index is 911. The maximum atomic E-state index is 12.7. The van der Waals surface area contributed by atoms with Crippen LogP contribution in [0.4, 0.5) is 11.4 Å². The van der Waals surface area contributed by atoms with E-state index in [0.29, 0.717) is 16.8 Å². The Morgan fingerprint density at radius 2 is 1.52 bits per heavy atom. The number of carbonyl (C=O) groups is 3. The molecule has 29 heavy (non-hydrogen) atoms. The molecule has 1 unspecified atom stereocenters. The molecule has 1 fully saturated rings. The van der Waals surface area contributed by atoms with Crippen LogP contribution in [0.1, 0.15) is 47.4 Å². The summed E-state index contributed by atoms with van der Waals surface area (Å²) in [6, 6.07) is 13.5. The highest BCUT2D eigenvalue weighted by molar-refractivity contribution is 6.23. The molecule has 3 amide bonds. The lowest BCUT2D eigenvalue weighted by Gasteiger charge is -2.32. The van der Waals surface area contributed by atoms with Gasteiger partial charge in [-0.15, -0.1) is 0 Å². The van der Waals surface area contributed by atoms with Crippen LogP contribution in [0.15, 0.2) is 48.5 Å². The number of anilines is 2. The van der Waals surface area contributed by atoms with Crippen LogP contribution in [0.25, 0.3) is 0 Å². The number of rotatable bonds is 4. The van der Waals surface area contributed by atoms with Crippen molar-refractivity contribution in [2.45, 2.75) is 32.7 Å². The summed E-state index contributed by atoms with van der Waals surface area (Å²) in [7, 11) is 0. The summed E-state index contributed by atoms with van der Waals surface area (Å²) in [5.41, 5.74) is 2.48. The summed E-state index contributed by atoms with van der Waals surface area (Å²) in [5, 5.41) is 2.82. The summed E-state index contributed by atoms with van der Waals surface area (Å²) in [4.78, 5) is 41.2. The molecular formula is C23H25N3O3. The first-order valence-electron chi connectivity index (χ1n) is 10.1. The van der Waals surface area contributed by atoms with Crippen molar-refractivity contribution in [3.8, 4) is 0 Å². The van der Waals surface area contributed by atoms with Gasteiger partial charge in [-0.25, -0.2) is 0 Å². The second-order valence-electron chi connectivity index (χ2n) is 7.91. The molecule has 1 saturated heterocycles. The van der Waals surface area contributed by atoms with E-state index in [-0.39, 0.29) is 5.91 Å². The second kappa shape index (κ2) is 7.70. The van der Waals surface area contributed by atoms with Crippen molar-refractivity contribution in [1.82, 2.24) is 4.90 Å². The first kappa shape index (κ1) is 19.2. The van der Waals surface area contributed by atoms with E-state index >= 15 is 0 Å². The molecule has 0 spiro atoms. The van der Waals surface area contributed by atoms with E-state index in [0.717, 1.165) is 29.6 Å². The van der Waals surface area contributed by atoms with Gasteiger partial charge in [0.2, 0.25) is 5.91 Å². The van der Waals surface area contributed by atoms with Crippen molar-refractivity contribution in [1.29, 1.82) is 0 Å². The van der Waals surface area contributed by atoms with Gasteiger partial charge in [0, 0.05) is 24.5 Å². The zero-order chi connectivity index (χ0) is 20.5. The fourth-order valence-corrected chi connectivity index (χ4v) is 3.95. The lowest BCUT2D eigenvalue weighted by Crippen LogP contribution is -2.45. The largest absolute Gasteiger partial charge is 0.372 e. The molecule has 1 atom stereocenters. The number of benzene rings is 2. The van der Waals surface area contributed by atoms with Gasteiger partial charge in [-0.3, -0.25) is 19.3 Å². The van der Waals surface area contributed by atoms with E-state index in [2.05, 4.69) is 17.1 Å². The van der Waals surface area contributed by atoms with Gasteiger partial charge in [-0.2, -0.15) is 0 Å². The second-order valence-corrected chi connectivity index (χ2v) is 7.91. The highest BCUT2D eigenvalue weighted by atomic mass is 16.2. The Morgan fingerprint density at radius 3 is 2.07 bits per heavy atom. The zero-order valence-electron chi connectivity index (χ0n) is 16.7. The molecule has 0 radical (unpaired) electrons. The average molecular weight is 391 g/mol. The molecule has 0 saturated carbocycles. The maximum absolute atomic E-state index is 12.7. The lowest BCUT2D eigenvalue weighted by atomic mass is 9.99. The van der Waals surface area contributed by atoms with Crippen LogP contribution in [0.5, 0.6) is 0 Å². The van der Waals surface area contributed by atoms with Crippen LogP contribution < -0.4 is 10.2 Å². The highest BCUT2D eigenvalue weighted by Gasteiger charge is 2.40. The Balaban J connectivity index is 1.42. The maximum Gasteiger partial charge on any atom is 0.262 e. The molecule has 2 aliphatic heterocycles. The Labute approximate surface area is 170 Å². The Hall–Kier alpha value is -3.15. The molecule has 0 aliphatic carbocycles. The molecule has 2 aliphatic rings. The smallest absolute Gasteiger partial charge is 0.262 e. The minimum absolute atomic E-state index is 0.345. The summed E-state index contributed by atoms with van der Waals surface area (Å²) in [6.45, 7) is 5.94. The van der Waals surface area contributed by atoms with Gasteiger partial charge >= 0.3 is 0 Å². The SMILES string of the molecule is CC1CCN(c2ccc(NC(=O)C(C)N3C(=O)c4ccccc4C3=O)cc2)CC1. The predicted octanol–water partition coefficient (Wildman–Crippen LogP) is 3.55. The minimum atomic E-state index is -0.898. The lowest BCUT2D eigenvalue weighted by molar-refractivity contribution is -0.119. The number of hydrogen-bond donors (Lipinski definition) is 1. The molecule has 2 aromatic rings. The summed E-state index contributed by atoms with van der Waals surface area (Å²) in [6.07, 6.45) is 2.38. The third-order valence-corrected chi connectivity index (χ3v) is 5.88. The monoisotopic (exact) mass is 391 g/mol. The van der Waals surface area contributed by atoms with Crippen LogP contribution in [0.3, 0.4) is 0 Å². The third kappa shape index (κ3) is 3.62. The van der Waals surface area contributed by atoms with Crippen molar-refractivity contribution in [2.24, 2.45) is 5.92 Å². The number of amides is 3. The summed E-state index contributed by atoms with van der Waals surface area (Å²) >= 11 is 0. The predicted molar refractivity (Wildman–Crippen MR) is 112 cm³/mol. The van der Waals surface area contributed by atoms with Gasteiger partial charge in [0.1, 0.15) is 6.04 Å². The van der Waals surface area contributed by atoms with Gasteiger partial charge in [0.15, 0.2) is 0 Å². The van der Waals surface area contributed by atoms with E-state index < -0.39 is 17.9 Å². The quantitative estimate of drug-likeness (QED) is 0.810. The molecule has 150 valence electrons. The molecule has 1 N–H and O–H groups in total. The number of fused-ring (bicyclic) bond motifs is 1. The Morgan fingerprint density at radius 1 is 0.966 bits per heavy atom. The molecule has 6 heteroatoms. The van der Waals surface area contributed by atoms with Gasteiger partial charge in [-0.05, 0) is 62.1 Å². The standard InChI is InChI=1S/C23H25N3O3/c1-15-11-13-25(14-12-15)18-9-7-17(8-10-18)24-21(27)16(2)26-22(28)19-5-3-4-6-20(19)23(26)29/h3-10,15-16H,11-14H2,1-2H3,(H,24,27). The molecular weight excluding hydrogens is 366 g/mol. The number of piperidine rings is 1. The van der Waals surface area contributed by atoms with Crippen LogP contribution in [-0.4, -0.2) is 41.8 Å². The van der Waals surface area contributed by atoms with Crippen LogP contribution in [0.2, 0.25) is 0 Å². The van der Waals surface area contributed by atoms with Crippen molar-refractivity contribution >= 4 is 29.1 Å². The van der Waals surface area contributed by atoms with Crippen LogP contribution in [-0.2, 0) is 4.79 Å². The average Bonchev–Trinajstić information content (AvgIpc) is 2.99. The molecule has 6 nitrogen and oxygen atoms in total. The molecule has 4 rings (SSSR count). The van der Waals surface area contributed by atoms with E-state index in [9.17, 15) is 14.4 Å². The number of nitrogens with one attached hydrogen (secondary N) is 1. The van der Waals surface area contributed by atoms with Gasteiger partial charge in [0.25, 0.3) is 11.8 Å². The van der Waals surface area contributed by atoms with Gasteiger partial charge in [0.05, 0.1) is 11.1 Å². The van der Waals surface area contributed by atoms with Crippen molar-refractivity contribution in [3.05, 3.63) is 59.7 Å².